The van der Waals surface area contributed by atoms with E-state index in [0.29, 0.717) is 20.1 Å². The second kappa shape index (κ2) is 11.6. The molecule has 1 unspecified atom stereocenters. The van der Waals surface area contributed by atoms with Crippen LogP contribution in [0.25, 0.3) is 0 Å². The number of hydrogen-bond acceptors (Lipinski definition) is 2. The lowest BCUT2D eigenvalue weighted by atomic mass is 10.0. The highest BCUT2D eigenvalue weighted by Gasteiger charge is 2.18. The highest BCUT2D eigenvalue weighted by Crippen LogP contribution is 2.25. The van der Waals surface area contributed by atoms with E-state index in [9.17, 15) is 0 Å². The summed E-state index contributed by atoms with van der Waals surface area (Å²) in [5, 5.41) is 2.40. The van der Waals surface area contributed by atoms with Gasteiger partial charge in [-0.25, -0.2) is 0 Å². The van der Waals surface area contributed by atoms with E-state index in [4.69, 9.17) is 51.4 Å². The molecule has 1 heterocycles. The van der Waals surface area contributed by atoms with Crippen LogP contribution in [-0.4, -0.2) is 36.8 Å². The number of nitrogens with zero attached hydrogens (tertiary/aromatic N) is 2. The Morgan fingerprint density at radius 2 is 1.45 bits per heavy atom. The van der Waals surface area contributed by atoms with Gasteiger partial charge in [0.05, 0.1) is 20.1 Å². The van der Waals surface area contributed by atoms with Crippen LogP contribution in [0.5, 0.6) is 0 Å². The summed E-state index contributed by atoms with van der Waals surface area (Å²) in [6.07, 6.45) is 8.77. The van der Waals surface area contributed by atoms with Crippen molar-refractivity contribution in [2.24, 2.45) is 4.99 Å². The van der Waals surface area contributed by atoms with E-state index in [2.05, 4.69) is 23.2 Å². The summed E-state index contributed by atoms with van der Waals surface area (Å²) in [6, 6.07) is 12.0. The highest BCUT2D eigenvalue weighted by molar-refractivity contribution is 6.42. The van der Waals surface area contributed by atoms with Crippen LogP contribution in [0.1, 0.15) is 36.8 Å². The second-order valence-corrected chi connectivity index (χ2v) is 9.15. The first kappa shape index (κ1) is 22.9. The van der Waals surface area contributed by atoms with Crippen molar-refractivity contribution in [2.45, 2.75) is 44.6 Å². The molecule has 2 aromatic rings. The topological polar surface area (TPSA) is 15.6 Å². The van der Waals surface area contributed by atoms with Gasteiger partial charge in [0.1, 0.15) is 0 Å². The number of aliphatic imine (C=N–C) groups is 1. The molecule has 1 aliphatic heterocycles. The summed E-state index contributed by atoms with van der Waals surface area (Å²) >= 11 is 24.6. The molecule has 1 atom stereocenters. The SMILES string of the molecule is Clc1ccc(CCN2CCCCCCN=CC2Cc2ccc(Cl)c(Cl)c2)cc1Cl. The van der Waals surface area contributed by atoms with Crippen LogP contribution in [0.2, 0.25) is 20.1 Å². The van der Waals surface area contributed by atoms with Crippen molar-refractivity contribution in [1.29, 1.82) is 0 Å². The molecule has 1 aliphatic rings. The van der Waals surface area contributed by atoms with E-state index < -0.39 is 0 Å². The van der Waals surface area contributed by atoms with Gasteiger partial charge in [-0.05, 0) is 67.6 Å². The Morgan fingerprint density at radius 1 is 0.793 bits per heavy atom. The molecule has 3 rings (SSSR count). The summed E-state index contributed by atoms with van der Waals surface area (Å²) in [6.45, 7) is 2.90. The van der Waals surface area contributed by atoms with E-state index in [0.717, 1.165) is 32.5 Å². The molecule has 156 valence electrons. The summed E-state index contributed by atoms with van der Waals surface area (Å²) in [7, 11) is 0. The van der Waals surface area contributed by atoms with Gasteiger partial charge in [-0.2, -0.15) is 0 Å². The predicted octanol–water partition coefficient (Wildman–Crippen LogP) is 7.40. The normalized spacial score (nSPS) is 18.7. The first-order valence-electron chi connectivity index (χ1n) is 10.1. The van der Waals surface area contributed by atoms with Gasteiger partial charge in [0.25, 0.3) is 0 Å². The van der Waals surface area contributed by atoms with Crippen LogP contribution in [0.15, 0.2) is 41.4 Å². The standard InChI is InChI=1S/C23H26Cl4N2/c24-20-7-5-17(14-22(20)26)9-12-29-11-4-2-1-3-10-28-16-19(29)13-18-6-8-21(25)23(27)15-18/h5-8,14-16,19H,1-4,9-13H2. The Balaban J connectivity index is 1.76. The molecule has 6 heteroatoms. The molecule has 2 nitrogen and oxygen atoms in total. The van der Waals surface area contributed by atoms with E-state index in [1.165, 1.54) is 36.8 Å². The van der Waals surface area contributed by atoms with Crippen molar-refractivity contribution < 1.29 is 0 Å². The number of halogens is 4. The summed E-state index contributed by atoms with van der Waals surface area (Å²) < 4.78 is 0. The van der Waals surface area contributed by atoms with Gasteiger partial charge in [-0.3, -0.25) is 9.89 Å². The van der Waals surface area contributed by atoms with E-state index >= 15 is 0 Å². The van der Waals surface area contributed by atoms with Crippen LogP contribution in [0, 0.1) is 0 Å². The lowest BCUT2D eigenvalue weighted by Gasteiger charge is -2.30. The fourth-order valence-electron chi connectivity index (χ4n) is 3.66. The third-order valence-electron chi connectivity index (χ3n) is 5.33. The summed E-state index contributed by atoms with van der Waals surface area (Å²) in [5.41, 5.74) is 2.37. The molecule has 29 heavy (non-hydrogen) atoms. The fraction of sp³-hybridized carbons (Fsp3) is 0.435. The van der Waals surface area contributed by atoms with Gasteiger partial charge in [0.15, 0.2) is 0 Å². The maximum Gasteiger partial charge on any atom is 0.0595 e. The third-order valence-corrected chi connectivity index (χ3v) is 6.81. The zero-order valence-corrected chi connectivity index (χ0v) is 19.4. The first-order chi connectivity index (χ1) is 14.0. The number of hydrogen-bond donors (Lipinski definition) is 0. The predicted molar refractivity (Wildman–Crippen MR) is 128 cm³/mol. The smallest absolute Gasteiger partial charge is 0.0595 e. The molecular weight excluding hydrogens is 446 g/mol. The quantitative estimate of drug-likeness (QED) is 0.443. The highest BCUT2D eigenvalue weighted by atomic mass is 35.5. The molecule has 0 aromatic heterocycles. The van der Waals surface area contributed by atoms with Crippen molar-refractivity contribution in [3.8, 4) is 0 Å². The maximum atomic E-state index is 6.24. The number of benzene rings is 2. The Labute approximate surface area is 193 Å². The maximum absolute atomic E-state index is 6.24. The largest absolute Gasteiger partial charge is 0.296 e. The Bertz CT molecular complexity index is 838. The second-order valence-electron chi connectivity index (χ2n) is 7.52. The lowest BCUT2D eigenvalue weighted by Crippen LogP contribution is -2.40. The summed E-state index contributed by atoms with van der Waals surface area (Å²) in [5.74, 6) is 0. The van der Waals surface area contributed by atoms with Crippen LogP contribution in [0.3, 0.4) is 0 Å². The molecule has 2 aromatic carbocycles. The Kier molecular flexibility index (Phi) is 9.14. The third kappa shape index (κ3) is 7.15. The van der Waals surface area contributed by atoms with Crippen molar-refractivity contribution in [3.05, 3.63) is 67.6 Å². The van der Waals surface area contributed by atoms with Crippen molar-refractivity contribution in [1.82, 2.24) is 4.90 Å². The van der Waals surface area contributed by atoms with E-state index in [1.54, 1.807) is 0 Å². The first-order valence-corrected chi connectivity index (χ1v) is 11.7. The van der Waals surface area contributed by atoms with Gasteiger partial charge >= 0.3 is 0 Å². The fourth-order valence-corrected chi connectivity index (χ4v) is 4.30. The van der Waals surface area contributed by atoms with Crippen LogP contribution < -0.4 is 0 Å². The van der Waals surface area contributed by atoms with Crippen LogP contribution in [0.4, 0.5) is 0 Å². The van der Waals surface area contributed by atoms with Crippen LogP contribution >= 0.6 is 46.4 Å². The molecule has 0 bridgehead atoms. The zero-order chi connectivity index (χ0) is 20.6. The van der Waals surface area contributed by atoms with E-state index in [1.807, 2.05) is 24.3 Å². The van der Waals surface area contributed by atoms with Gasteiger partial charge in [0, 0.05) is 25.3 Å². The van der Waals surface area contributed by atoms with Gasteiger partial charge < -0.3 is 0 Å². The molecule has 0 radical (unpaired) electrons. The molecule has 0 N–H and O–H groups in total. The molecule has 0 aliphatic carbocycles. The van der Waals surface area contributed by atoms with Gasteiger partial charge in [-0.15, -0.1) is 0 Å². The summed E-state index contributed by atoms with van der Waals surface area (Å²) in [4.78, 5) is 7.24. The Hall–Kier alpha value is -0.770. The van der Waals surface area contributed by atoms with Gasteiger partial charge in [-0.1, -0.05) is 71.4 Å². The minimum absolute atomic E-state index is 0.230. The molecular formula is C23H26Cl4N2. The van der Waals surface area contributed by atoms with E-state index in [-0.39, 0.29) is 6.04 Å². The average molecular weight is 472 g/mol. The van der Waals surface area contributed by atoms with Crippen molar-refractivity contribution >= 4 is 52.6 Å². The number of rotatable bonds is 5. The van der Waals surface area contributed by atoms with Crippen molar-refractivity contribution in [3.63, 3.8) is 0 Å². The van der Waals surface area contributed by atoms with Gasteiger partial charge in [0.2, 0.25) is 0 Å². The zero-order valence-electron chi connectivity index (χ0n) is 16.4. The molecule has 0 saturated heterocycles. The lowest BCUT2D eigenvalue weighted by molar-refractivity contribution is 0.239. The Morgan fingerprint density at radius 3 is 2.17 bits per heavy atom. The molecule has 0 amide bonds. The average Bonchev–Trinajstić information content (AvgIpc) is 2.71. The molecule has 0 fully saturated rings. The van der Waals surface area contributed by atoms with Crippen molar-refractivity contribution in [2.75, 3.05) is 19.6 Å². The molecule has 0 saturated carbocycles. The van der Waals surface area contributed by atoms with Crippen LogP contribution in [-0.2, 0) is 12.8 Å². The minimum Gasteiger partial charge on any atom is -0.296 e. The molecule has 0 spiro atoms. The monoisotopic (exact) mass is 470 g/mol. The minimum atomic E-state index is 0.230.